The van der Waals surface area contributed by atoms with E-state index >= 15 is 0 Å². The quantitative estimate of drug-likeness (QED) is 0.398. The van der Waals surface area contributed by atoms with E-state index in [4.69, 9.17) is 13.9 Å². The van der Waals surface area contributed by atoms with Gasteiger partial charge in [0.25, 0.3) is 21.8 Å². The summed E-state index contributed by atoms with van der Waals surface area (Å²) in [5, 5.41) is 10.3. The van der Waals surface area contributed by atoms with E-state index < -0.39 is 22.0 Å². The summed E-state index contributed by atoms with van der Waals surface area (Å²) in [6.07, 6.45) is -0.617. The summed E-state index contributed by atoms with van der Waals surface area (Å²) in [5.74, 6) is 0.803. The smallest absolute Gasteiger partial charge is 0.322 e. The highest BCUT2D eigenvalue weighted by molar-refractivity contribution is 7.92. The largest absolute Gasteiger partial charge is 0.485 e. The predicted molar refractivity (Wildman–Crippen MR) is 131 cm³/mol. The Balaban J connectivity index is 1.26. The summed E-state index contributed by atoms with van der Waals surface area (Å²) in [5.41, 5.74) is 0.785. The number of sulfonamides is 1. The van der Waals surface area contributed by atoms with Crippen molar-refractivity contribution in [3.63, 3.8) is 0 Å². The fourth-order valence-electron chi connectivity index (χ4n) is 3.72. The zero-order chi connectivity index (χ0) is 25.1. The van der Waals surface area contributed by atoms with E-state index in [1.165, 1.54) is 28.6 Å². The number of anilines is 2. The highest BCUT2D eigenvalue weighted by Crippen LogP contribution is 2.35. The van der Waals surface area contributed by atoms with Gasteiger partial charge >= 0.3 is 6.01 Å². The molecule has 0 saturated carbocycles. The molecule has 0 saturated heterocycles. The molecule has 1 N–H and O–H groups in total. The van der Waals surface area contributed by atoms with Crippen molar-refractivity contribution in [3.8, 4) is 11.5 Å². The molecule has 5 rings (SSSR count). The third kappa shape index (κ3) is 4.60. The van der Waals surface area contributed by atoms with Gasteiger partial charge in [0.2, 0.25) is 6.10 Å². The summed E-state index contributed by atoms with van der Waals surface area (Å²) >= 11 is 0. The molecular weight excluding hydrogens is 484 g/mol. The number of aromatic nitrogens is 2. The second kappa shape index (κ2) is 9.70. The van der Waals surface area contributed by atoms with Crippen LogP contribution in [0.15, 0.2) is 88.2 Å². The number of nitrogens with one attached hydrogen (secondary N) is 1. The van der Waals surface area contributed by atoms with Gasteiger partial charge in [0, 0.05) is 12.1 Å². The van der Waals surface area contributed by atoms with Crippen molar-refractivity contribution in [1.82, 2.24) is 10.2 Å². The summed E-state index contributed by atoms with van der Waals surface area (Å²) in [7, 11) is -3.80. The molecule has 3 aromatic carbocycles. The SMILES string of the molecule is CCN(c1ccccc1)S(=O)(=O)c1ccc(C(=O)Nc2nnc(C3COc4ccccc4O3)o2)cc1. The normalized spacial score (nSPS) is 14.8. The Labute approximate surface area is 207 Å². The molecule has 1 amide bonds. The van der Waals surface area contributed by atoms with Crippen LogP contribution in [0.5, 0.6) is 11.5 Å². The van der Waals surface area contributed by atoms with E-state index in [2.05, 4.69) is 15.5 Å². The number of benzene rings is 3. The van der Waals surface area contributed by atoms with Gasteiger partial charge in [-0.15, -0.1) is 5.10 Å². The lowest BCUT2D eigenvalue weighted by atomic mass is 10.2. The van der Waals surface area contributed by atoms with Crippen LogP contribution >= 0.6 is 0 Å². The lowest BCUT2D eigenvalue weighted by Crippen LogP contribution is -2.30. The van der Waals surface area contributed by atoms with Crippen LogP contribution in [0.4, 0.5) is 11.7 Å². The fourth-order valence-corrected chi connectivity index (χ4v) is 5.19. The Bertz CT molecular complexity index is 1470. The average Bonchev–Trinajstić information content (AvgIpc) is 3.38. The Hall–Kier alpha value is -4.38. The van der Waals surface area contributed by atoms with Gasteiger partial charge in [-0.1, -0.05) is 35.4 Å². The zero-order valence-corrected chi connectivity index (χ0v) is 20.0. The number of para-hydroxylation sites is 3. The Morgan fingerprint density at radius 3 is 2.39 bits per heavy atom. The molecule has 2 heterocycles. The Morgan fingerprint density at radius 2 is 1.67 bits per heavy atom. The molecule has 10 nitrogen and oxygen atoms in total. The predicted octanol–water partition coefficient (Wildman–Crippen LogP) is 4.05. The minimum absolute atomic E-state index is 0.0690. The van der Waals surface area contributed by atoms with Gasteiger partial charge in [-0.25, -0.2) is 8.42 Å². The van der Waals surface area contributed by atoms with Crippen LogP contribution in [-0.2, 0) is 10.0 Å². The standard InChI is InChI=1S/C25H22N4O6S/c1-2-29(18-8-4-3-5-9-18)36(31,32)19-14-12-17(13-15-19)23(30)26-25-28-27-24(35-25)22-16-33-20-10-6-7-11-21(20)34-22/h3-15,22H,2,16H2,1H3,(H,26,28,30). The number of carbonyl (C=O) groups excluding carboxylic acids is 1. The zero-order valence-electron chi connectivity index (χ0n) is 19.2. The number of hydrogen-bond donors (Lipinski definition) is 1. The molecule has 184 valence electrons. The summed E-state index contributed by atoms with van der Waals surface area (Å²) in [6, 6.07) is 21.6. The first-order valence-corrected chi connectivity index (χ1v) is 12.6. The van der Waals surface area contributed by atoms with Crippen molar-refractivity contribution in [3.05, 3.63) is 90.3 Å². The molecule has 11 heteroatoms. The maximum atomic E-state index is 13.1. The highest BCUT2D eigenvalue weighted by Gasteiger charge is 2.28. The minimum Gasteiger partial charge on any atom is -0.485 e. The average molecular weight is 507 g/mol. The lowest BCUT2D eigenvalue weighted by molar-refractivity contribution is 0.0716. The van der Waals surface area contributed by atoms with Crippen LogP contribution in [0.2, 0.25) is 0 Å². The Morgan fingerprint density at radius 1 is 0.972 bits per heavy atom. The third-order valence-electron chi connectivity index (χ3n) is 5.48. The molecule has 1 aliphatic rings. The summed E-state index contributed by atoms with van der Waals surface area (Å²) in [6.45, 7) is 2.20. The molecule has 0 spiro atoms. The van der Waals surface area contributed by atoms with Gasteiger partial charge in [-0.2, -0.15) is 0 Å². The van der Waals surface area contributed by atoms with E-state index in [9.17, 15) is 13.2 Å². The summed E-state index contributed by atoms with van der Waals surface area (Å²) in [4.78, 5) is 12.8. The van der Waals surface area contributed by atoms with Gasteiger partial charge in [-0.05, 0) is 55.5 Å². The van der Waals surface area contributed by atoms with Crippen molar-refractivity contribution < 1.29 is 27.1 Å². The van der Waals surface area contributed by atoms with Gasteiger partial charge in [0.15, 0.2) is 11.5 Å². The molecule has 1 atom stereocenters. The first kappa shape index (κ1) is 23.4. The van der Waals surface area contributed by atoms with Crippen LogP contribution in [0, 0.1) is 0 Å². The second-order valence-electron chi connectivity index (χ2n) is 7.79. The van der Waals surface area contributed by atoms with Gasteiger partial charge < -0.3 is 13.9 Å². The third-order valence-corrected chi connectivity index (χ3v) is 7.40. The van der Waals surface area contributed by atoms with Gasteiger partial charge in [-0.3, -0.25) is 14.4 Å². The number of nitrogens with zero attached hydrogens (tertiary/aromatic N) is 3. The molecule has 1 aliphatic heterocycles. The van der Waals surface area contributed by atoms with E-state index in [1.54, 1.807) is 43.3 Å². The molecular formula is C25H22N4O6S. The molecule has 0 fully saturated rings. The van der Waals surface area contributed by atoms with Crippen molar-refractivity contribution in [2.75, 3.05) is 22.8 Å². The van der Waals surface area contributed by atoms with E-state index in [-0.39, 0.29) is 35.5 Å². The van der Waals surface area contributed by atoms with Crippen molar-refractivity contribution >= 4 is 27.6 Å². The first-order chi connectivity index (χ1) is 17.5. The molecule has 0 radical (unpaired) electrons. The van der Waals surface area contributed by atoms with Crippen LogP contribution in [-0.4, -0.2) is 37.7 Å². The van der Waals surface area contributed by atoms with E-state index in [1.807, 2.05) is 18.2 Å². The summed E-state index contributed by atoms with van der Waals surface area (Å²) < 4.78 is 44.6. The Kier molecular flexibility index (Phi) is 6.30. The van der Waals surface area contributed by atoms with E-state index in [0.717, 1.165) is 0 Å². The van der Waals surface area contributed by atoms with Crippen LogP contribution < -0.4 is 19.1 Å². The van der Waals surface area contributed by atoms with Crippen LogP contribution in [0.1, 0.15) is 29.3 Å². The number of amides is 1. The monoisotopic (exact) mass is 506 g/mol. The minimum atomic E-state index is -3.80. The first-order valence-electron chi connectivity index (χ1n) is 11.2. The topological polar surface area (TPSA) is 124 Å². The molecule has 0 bridgehead atoms. The molecule has 4 aromatic rings. The van der Waals surface area contributed by atoms with Gasteiger partial charge in [0.05, 0.1) is 10.6 Å². The van der Waals surface area contributed by atoms with Crippen LogP contribution in [0.3, 0.4) is 0 Å². The van der Waals surface area contributed by atoms with E-state index in [0.29, 0.717) is 17.2 Å². The number of hydrogen-bond acceptors (Lipinski definition) is 8. The maximum absolute atomic E-state index is 13.1. The molecule has 36 heavy (non-hydrogen) atoms. The molecule has 1 aromatic heterocycles. The molecule has 0 aliphatic carbocycles. The number of fused-ring (bicyclic) bond motifs is 1. The number of ether oxygens (including phenoxy) is 2. The second-order valence-corrected chi connectivity index (χ2v) is 9.66. The van der Waals surface area contributed by atoms with Crippen LogP contribution in [0.25, 0.3) is 0 Å². The highest BCUT2D eigenvalue weighted by atomic mass is 32.2. The molecule has 1 unspecified atom stereocenters. The fraction of sp³-hybridized carbons (Fsp3) is 0.160. The van der Waals surface area contributed by atoms with Crippen molar-refractivity contribution in [2.24, 2.45) is 0 Å². The number of carbonyl (C=O) groups is 1. The van der Waals surface area contributed by atoms with Gasteiger partial charge in [0.1, 0.15) is 6.61 Å². The van der Waals surface area contributed by atoms with Crippen molar-refractivity contribution in [2.45, 2.75) is 17.9 Å². The maximum Gasteiger partial charge on any atom is 0.322 e. The van der Waals surface area contributed by atoms with Crippen molar-refractivity contribution in [1.29, 1.82) is 0 Å². The number of rotatable bonds is 7. The lowest BCUT2D eigenvalue weighted by Gasteiger charge is -2.23.